The average molecular weight is 323 g/mol. The van der Waals surface area contributed by atoms with Crippen LogP contribution in [0.2, 0.25) is 0 Å². The second kappa shape index (κ2) is 5.88. The number of imidazole rings is 1. The Balaban J connectivity index is 2.27. The molecule has 4 heteroatoms. The standard InChI is InChI=1S/C15H19BrN2O/c1-10-4-5-12(8-13(10)16)9-14-11(2)18(3)15(17-14)6-7-19/h4-5,8,19H,6-7,9H2,1-3H3. The molecule has 0 aliphatic heterocycles. The Morgan fingerprint density at radius 2 is 2.05 bits per heavy atom. The molecule has 2 aromatic rings. The van der Waals surface area contributed by atoms with Crippen LogP contribution in [0.3, 0.4) is 0 Å². The summed E-state index contributed by atoms with van der Waals surface area (Å²) in [6.45, 7) is 4.30. The first kappa shape index (κ1) is 14.3. The number of aromatic nitrogens is 2. The van der Waals surface area contributed by atoms with Crippen LogP contribution >= 0.6 is 15.9 Å². The Morgan fingerprint density at radius 1 is 1.32 bits per heavy atom. The van der Waals surface area contributed by atoms with Gasteiger partial charge in [0.25, 0.3) is 0 Å². The van der Waals surface area contributed by atoms with Gasteiger partial charge in [0.2, 0.25) is 0 Å². The van der Waals surface area contributed by atoms with Crippen molar-refractivity contribution < 1.29 is 5.11 Å². The second-order valence-electron chi connectivity index (χ2n) is 4.85. The van der Waals surface area contributed by atoms with Crippen molar-refractivity contribution in [3.05, 3.63) is 51.0 Å². The predicted molar refractivity (Wildman–Crippen MR) is 80.4 cm³/mol. The molecule has 102 valence electrons. The third-order valence-electron chi connectivity index (χ3n) is 3.52. The molecule has 0 bridgehead atoms. The molecular weight excluding hydrogens is 304 g/mol. The summed E-state index contributed by atoms with van der Waals surface area (Å²) in [6, 6.07) is 6.40. The first-order valence-corrected chi connectivity index (χ1v) is 7.19. The van der Waals surface area contributed by atoms with Crippen molar-refractivity contribution in [1.29, 1.82) is 0 Å². The number of halogens is 1. The second-order valence-corrected chi connectivity index (χ2v) is 5.71. The van der Waals surface area contributed by atoms with Gasteiger partial charge in [-0.1, -0.05) is 28.1 Å². The van der Waals surface area contributed by atoms with Gasteiger partial charge in [0.15, 0.2) is 0 Å². The van der Waals surface area contributed by atoms with Crippen LogP contribution in [-0.2, 0) is 19.9 Å². The number of aliphatic hydroxyl groups is 1. The molecule has 1 aromatic carbocycles. The van der Waals surface area contributed by atoms with Gasteiger partial charge in [0, 0.05) is 30.1 Å². The van der Waals surface area contributed by atoms with Crippen molar-refractivity contribution in [3.8, 4) is 0 Å². The Labute approximate surface area is 122 Å². The van der Waals surface area contributed by atoms with Crippen LogP contribution in [0.15, 0.2) is 22.7 Å². The zero-order valence-corrected chi connectivity index (χ0v) is 13.2. The molecule has 0 spiro atoms. The van der Waals surface area contributed by atoms with Crippen LogP contribution in [0.4, 0.5) is 0 Å². The van der Waals surface area contributed by atoms with Crippen LogP contribution in [0, 0.1) is 13.8 Å². The van der Waals surface area contributed by atoms with Gasteiger partial charge in [-0.25, -0.2) is 4.98 Å². The number of aryl methyl sites for hydroxylation is 1. The normalized spacial score (nSPS) is 11.0. The van der Waals surface area contributed by atoms with Gasteiger partial charge in [0.05, 0.1) is 12.3 Å². The van der Waals surface area contributed by atoms with E-state index in [-0.39, 0.29) is 6.61 Å². The van der Waals surface area contributed by atoms with E-state index < -0.39 is 0 Å². The Hall–Kier alpha value is -1.13. The van der Waals surface area contributed by atoms with Gasteiger partial charge in [-0.2, -0.15) is 0 Å². The van der Waals surface area contributed by atoms with Crippen LogP contribution < -0.4 is 0 Å². The Morgan fingerprint density at radius 3 is 2.68 bits per heavy atom. The lowest BCUT2D eigenvalue weighted by atomic mass is 10.1. The Kier molecular flexibility index (Phi) is 4.42. The van der Waals surface area contributed by atoms with Crippen molar-refractivity contribution in [2.45, 2.75) is 26.7 Å². The average Bonchev–Trinajstić information content (AvgIpc) is 2.63. The molecule has 0 amide bonds. The molecule has 0 saturated carbocycles. The first-order chi connectivity index (χ1) is 9.02. The number of rotatable bonds is 4. The fraction of sp³-hybridized carbons (Fsp3) is 0.400. The molecule has 1 N–H and O–H groups in total. The maximum atomic E-state index is 9.04. The molecule has 0 saturated heterocycles. The molecule has 0 atom stereocenters. The zero-order valence-electron chi connectivity index (χ0n) is 11.6. The predicted octanol–water partition coefficient (Wildman–Crippen LogP) is 2.93. The Bertz CT molecular complexity index is 590. The number of hydrogen-bond donors (Lipinski definition) is 1. The highest BCUT2D eigenvalue weighted by molar-refractivity contribution is 9.10. The van der Waals surface area contributed by atoms with Gasteiger partial charge in [-0.15, -0.1) is 0 Å². The highest BCUT2D eigenvalue weighted by atomic mass is 79.9. The third-order valence-corrected chi connectivity index (χ3v) is 4.37. The summed E-state index contributed by atoms with van der Waals surface area (Å²) in [4.78, 5) is 4.63. The molecule has 0 aliphatic carbocycles. The van der Waals surface area contributed by atoms with E-state index >= 15 is 0 Å². The van der Waals surface area contributed by atoms with E-state index in [4.69, 9.17) is 5.11 Å². The number of nitrogens with zero attached hydrogens (tertiary/aromatic N) is 2. The van der Waals surface area contributed by atoms with E-state index in [1.54, 1.807) is 0 Å². The minimum absolute atomic E-state index is 0.139. The van der Waals surface area contributed by atoms with E-state index in [0.29, 0.717) is 6.42 Å². The van der Waals surface area contributed by atoms with Crippen molar-refractivity contribution in [3.63, 3.8) is 0 Å². The quantitative estimate of drug-likeness (QED) is 0.939. The number of benzene rings is 1. The summed E-state index contributed by atoms with van der Waals surface area (Å²) in [5.41, 5.74) is 4.73. The van der Waals surface area contributed by atoms with Gasteiger partial charge in [-0.3, -0.25) is 0 Å². The summed E-state index contributed by atoms with van der Waals surface area (Å²) in [6.07, 6.45) is 1.43. The van der Waals surface area contributed by atoms with Crippen molar-refractivity contribution in [2.24, 2.45) is 7.05 Å². The van der Waals surface area contributed by atoms with Gasteiger partial charge in [-0.05, 0) is 31.0 Å². The molecule has 0 aliphatic rings. The monoisotopic (exact) mass is 322 g/mol. The highest BCUT2D eigenvalue weighted by Gasteiger charge is 2.11. The highest BCUT2D eigenvalue weighted by Crippen LogP contribution is 2.21. The van der Waals surface area contributed by atoms with E-state index in [1.165, 1.54) is 16.8 Å². The summed E-state index contributed by atoms with van der Waals surface area (Å²) >= 11 is 3.56. The summed E-state index contributed by atoms with van der Waals surface area (Å²) < 4.78 is 3.20. The third kappa shape index (κ3) is 3.07. The van der Waals surface area contributed by atoms with Gasteiger partial charge >= 0.3 is 0 Å². The largest absolute Gasteiger partial charge is 0.396 e. The summed E-state index contributed by atoms with van der Waals surface area (Å²) in [5.74, 6) is 0.946. The lowest BCUT2D eigenvalue weighted by molar-refractivity contribution is 0.295. The smallest absolute Gasteiger partial charge is 0.111 e. The maximum absolute atomic E-state index is 9.04. The zero-order chi connectivity index (χ0) is 14.0. The molecule has 0 fully saturated rings. The molecule has 1 heterocycles. The van der Waals surface area contributed by atoms with Crippen molar-refractivity contribution in [1.82, 2.24) is 9.55 Å². The van der Waals surface area contributed by atoms with E-state index in [9.17, 15) is 0 Å². The topological polar surface area (TPSA) is 38.1 Å². The summed E-state index contributed by atoms with van der Waals surface area (Å²) in [5, 5.41) is 9.04. The number of aliphatic hydroxyl groups excluding tert-OH is 1. The van der Waals surface area contributed by atoms with Crippen LogP contribution in [-0.4, -0.2) is 21.3 Å². The molecule has 19 heavy (non-hydrogen) atoms. The van der Waals surface area contributed by atoms with Crippen LogP contribution in [0.1, 0.15) is 28.3 Å². The number of hydrogen-bond acceptors (Lipinski definition) is 2. The molecule has 0 radical (unpaired) electrons. The van der Waals surface area contributed by atoms with E-state index in [0.717, 1.165) is 22.4 Å². The molecule has 1 aromatic heterocycles. The maximum Gasteiger partial charge on any atom is 0.111 e. The minimum Gasteiger partial charge on any atom is -0.396 e. The first-order valence-electron chi connectivity index (χ1n) is 6.40. The molecule has 0 unspecified atom stereocenters. The summed E-state index contributed by atoms with van der Waals surface area (Å²) in [7, 11) is 2.00. The molecule has 2 rings (SSSR count). The van der Waals surface area contributed by atoms with E-state index in [2.05, 4.69) is 57.5 Å². The van der Waals surface area contributed by atoms with Crippen molar-refractivity contribution in [2.75, 3.05) is 6.61 Å². The van der Waals surface area contributed by atoms with E-state index in [1.807, 2.05) is 7.05 Å². The minimum atomic E-state index is 0.139. The van der Waals surface area contributed by atoms with Crippen LogP contribution in [0.25, 0.3) is 0 Å². The SMILES string of the molecule is Cc1ccc(Cc2nc(CCO)n(C)c2C)cc1Br. The van der Waals surface area contributed by atoms with Crippen molar-refractivity contribution >= 4 is 15.9 Å². The van der Waals surface area contributed by atoms with Gasteiger partial charge < -0.3 is 9.67 Å². The lowest BCUT2D eigenvalue weighted by Crippen LogP contribution is -2.01. The molecule has 3 nitrogen and oxygen atoms in total. The molecular formula is C15H19BrN2O. The fourth-order valence-corrected chi connectivity index (χ4v) is 2.56. The fourth-order valence-electron chi connectivity index (χ4n) is 2.13. The van der Waals surface area contributed by atoms with Crippen LogP contribution in [0.5, 0.6) is 0 Å². The van der Waals surface area contributed by atoms with Gasteiger partial charge in [0.1, 0.15) is 5.82 Å². The lowest BCUT2D eigenvalue weighted by Gasteiger charge is -2.04.